The van der Waals surface area contributed by atoms with Gasteiger partial charge in [0.15, 0.2) is 0 Å². The molecule has 1 aromatic carbocycles. The number of nitriles is 1. The average molecular weight is 340 g/mol. The summed E-state index contributed by atoms with van der Waals surface area (Å²) < 4.78 is 24.7. The third kappa shape index (κ3) is 4.00. The summed E-state index contributed by atoms with van der Waals surface area (Å²) in [6, 6.07) is 7.30. The lowest BCUT2D eigenvalue weighted by molar-refractivity contribution is 0.603. The predicted molar refractivity (Wildman–Crippen MR) is 91.8 cm³/mol. The Morgan fingerprint density at radius 2 is 2.23 bits per heavy atom. The fraction of sp³-hybridized carbons (Fsp3) is 0.429. The highest BCUT2D eigenvalue weighted by Gasteiger charge is 2.24. The van der Waals surface area contributed by atoms with Crippen LogP contribution in [0.4, 0.5) is 5.69 Å². The van der Waals surface area contributed by atoms with E-state index in [0.717, 1.165) is 28.7 Å². The molecule has 6 nitrogen and oxygen atoms in total. The molecule has 1 aliphatic rings. The molecular formula is C14H20N4O2S2. The fourth-order valence-corrected chi connectivity index (χ4v) is 5.53. The van der Waals surface area contributed by atoms with Crippen molar-refractivity contribution in [2.45, 2.75) is 25.2 Å². The van der Waals surface area contributed by atoms with Crippen molar-refractivity contribution in [1.82, 2.24) is 0 Å². The zero-order valence-corrected chi connectivity index (χ0v) is 14.3. The van der Waals surface area contributed by atoms with E-state index < -0.39 is 21.1 Å². The number of hydrogen-bond acceptors (Lipinski definition) is 4. The zero-order chi connectivity index (χ0) is 16.3. The Morgan fingerprint density at radius 3 is 2.82 bits per heavy atom. The molecule has 3 N–H and O–H groups in total. The van der Waals surface area contributed by atoms with Crippen LogP contribution in [0.1, 0.15) is 25.8 Å². The van der Waals surface area contributed by atoms with E-state index in [9.17, 15) is 13.7 Å². The number of rotatable bonds is 5. The summed E-state index contributed by atoms with van der Waals surface area (Å²) in [5, 5.41) is 15.6. The summed E-state index contributed by atoms with van der Waals surface area (Å²) in [7, 11) is -4.58. The van der Waals surface area contributed by atoms with Crippen molar-refractivity contribution in [3.63, 3.8) is 0 Å². The number of anilines is 1. The van der Waals surface area contributed by atoms with Crippen molar-refractivity contribution >= 4 is 31.8 Å². The Bertz CT molecular complexity index is 736. The first-order chi connectivity index (χ1) is 10.3. The molecule has 0 spiro atoms. The van der Waals surface area contributed by atoms with Crippen LogP contribution in [0, 0.1) is 17.2 Å². The predicted octanol–water partition coefficient (Wildman–Crippen LogP) is 1.99. The van der Waals surface area contributed by atoms with E-state index in [2.05, 4.69) is 29.6 Å². The summed E-state index contributed by atoms with van der Waals surface area (Å²) in [4.78, 5) is 5.46. The lowest BCUT2D eigenvalue weighted by Gasteiger charge is -2.21. The van der Waals surface area contributed by atoms with Gasteiger partial charge in [-0.05, 0) is 24.5 Å². The van der Waals surface area contributed by atoms with Crippen molar-refractivity contribution in [3.8, 4) is 6.07 Å². The molecule has 8 heteroatoms. The highest BCUT2D eigenvalue weighted by molar-refractivity contribution is 8.30. The molecule has 120 valence electrons. The molecule has 0 amide bonds. The molecule has 0 bridgehead atoms. The summed E-state index contributed by atoms with van der Waals surface area (Å²) in [5.41, 5.74) is 0.585. The van der Waals surface area contributed by atoms with Gasteiger partial charge in [0.05, 0.1) is 16.3 Å². The van der Waals surface area contributed by atoms with Crippen LogP contribution < -0.4 is 9.86 Å². The van der Waals surface area contributed by atoms with E-state index in [-0.39, 0.29) is 5.69 Å². The summed E-state index contributed by atoms with van der Waals surface area (Å²) in [6.45, 7) is 5.04. The molecule has 1 aliphatic heterocycles. The number of thiol groups is 1. The van der Waals surface area contributed by atoms with Crippen LogP contribution >= 0.6 is 10.9 Å². The van der Waals surface area contributed by atoms with Crippen molar-refractivity contribution in [3.05, 3.63) is 23.8 Å². The van der Waals surface area contributed by atoms with Crippen LogP contribution in [0.15, 0.2) is 28.1 Å². The first-order valence-corrected chi connectivity index (χ1v) is 10.0. The van der Waals surface area contributed by atoms with Gasteiger partial charge in [0.25, 0.3) is 10.2 Å². The van der Waals surface area contributed by atoms with Crippen molar-refractivity contribution in [1.29, 1.82) is 5.26 Å². The Balaban J connectivity index is 2.42. The molecular weight excluding hydrogens is 320 g/mol. The number of nitrogens with zero attached hydrogens (tertiary/aromatic N) is 2. The minimum absolute atomic E-state index is 0.237. The molecule has 22 heavy (non-hydrogen) atoms. The van der Waals surface area contributed by atoms with E-state index in [0.29, 0.717) is 11.5 Å². The van der Waals surface area contributed by atoms with E-state index in [1.807, 2.05) is 6.07 Å². The zero-order valence-electron chi connectivity index (χ0n) is 12.6. The van der Waals surface area contributed by atoms with E-state index in [1.165, 1.54) is 0 Å². The number of aliphatic imine (C=N–C) groups is 1. The van der Waals surface area contributed by atoms with Crippen LogP contribution in [-0.2, 0) is 10.2 Å². The normalized spacial score (nSPS) is 19.8. The molecule has 1 aromatic rings. The van der Waals surface area contributed by atoms with Gasteiger partial charge in [-0.2, -0.15) is 24.6 Å². The van der Waals surface area contributed by atoms with E-state index in [1.54, 1.807) is 12.1 Å². The lowest BCUT2D eigenvalue weighted by Crippen LogP contribution is -2.22. The van der Waals surface area contributed by atoms with Gasteiger partial charge in [0.2, 0.25) is 0 Å². The smallest absolute Gasteiger partial charge is 0.284 e. The first-order valence-electron chi connectivity index (χ1n) is 6.96. The Hall–Kier alpha value is -1.56. The van der Waals surface area contributed by atoms with Crippen molar-refractivity contribution < 1.29 is 8.42 Å². The second-order valence-corrected chi connectivity index (χ2v) is 9.10. The second-order valence-electron chi connectivity index (χ2n) is 5.51. The van der Waals surface area contributed by atoms with Crippen LogP contribution in [0.2, 0.25) is 0 Å². The van der Waals surface area contributed by atoms with Gasteiger partial charge in [-0.1, -0.05) is 19.9 Å². The Morgan fingerprint density at radius 1 is 1.50 bits per heavy atom. The van der Waals surface area contributed by atoms with Gasteiger partial charge in [-0.3, -0.25) is 9.71 Å². The first kappa shape index (κ1) is 16.8. The van der Waals surface area contributed by atoms with Crippen LogP contribution in [0.5, 0.6) is 0 Å². The van der Waals surface area contributed by atoms with E-state index in [4.69, 9.17) is 5.14 Å². The third-order valence-electron chi connectivity index (χ3n) is 3.22. The summed E-state index contributed by atoms with van der Waals surface area (Å²) in [5.74, 6) is 1.41. The minimum Gasteiger partial charge on any atom is -0.284 e. The molecule has 0 fully saturated rings. The van der Waals surface area contributed by atoms with Gasteiger partial charge >= 0.3 is 0 Å². The molecule has 1 unspecified atom stereocenters. The van der Waals surface area contributed by atoms with Gasteiger partial charge in [0.1, 0.15) is 6.07 Å². The molecule has 1 heterocycles. The van der Waals surface area contributed by atoms with Crippen molar-refractivity contribution in [2.24, 2.45) is 16.0 Å². The fourth-order valence-electron chi connectivity index (χ4n) is 2.41. The quantitative estimate of drug-likeness (QED) is 0.713. The largest absolute Gasteiger partial charge is 0.296 e. The third-order valence-corrected chi connectivity index (χ3v) is 6.27. The number of nitrogens with one attached hydrogen (secondary N) is 1. The Kier molecular flexibility index (Phi) is 5.11. The molecule has 2 rings (SSSR count). The van der Waals surface area contributed by atoms with Gasteiger partial charge in [0, 0.05) is 17.2 Å². The molecule has 0 aliphatic carbocycles. The summed E-state index contributed by atoms with van der Waals surface area (Å²) >= 11 is 0. The topological polar surface area (TPSA) is 108 Å². The summed E-state index contributed by atoms with van der Waals surface area (Å²) in [6.07, 6.45) is 0.906. The number of nitrogens with two attached hydrogens (primary N) is 1. The van der Waals surface area contributed by atoms with Crippen LogP contribution in [-0.4, -0.2) is 25.8 Å². The minimum atomic E-state index is -3.91. The van der Waals surface area contributed by atoms with Gasteiger partial charge in [-0.25, -0.2) is 5.14 Å². The van der Waals surface area contributed by atoms with Crippen LogP contribution in [0.25, 0.3) is 0 Å². The molecule has 0 radical (unpaired) electrons. The Labute approximate surface area is 134 Å². The standard InChI is InChI=1S/C14H20N4O2S2/c1-10(2)8-14-17-6-7-21(14)13-5-3-4-12(11(13)9-15)18-22(16,19)20/h3-5,10,18,21H,6-8H2,1-2H3,(H2,16,19,20). The van der Waals surface area contributed by atoms with Crippen molar-refractivity contribution in [2.75, 3.05) is 17.0 Å². The van der Waals surface area contributed by atoms with Crippen LogP contribution in [0.3, 0.4) is 0 Å². The maximum absolute atomic E-state index is 11.3. The second kappa shape index (κ2) is 6.69. The maximum atomic E-state index is 11.3. The maximum Gasteiger partial charge on any atom is 0.296 e. The molecule has 1 atom stereocenters. The highest BCUT2D eigenvalue weighted by Crippen LogP contribution is 2.45. The molecule has 0 aromatic heterocycles. The molecule has 0 saturated carbocycles. The monoisotopic (exact) mass is 340 g/mol. The number of hydrogen-bond donors (Lipinski definition) is 3. The SMILES string of the molecule is CC(C)CC1=NCC[SH]1c1cccc(NS(N)(=O)=O)c1C#N. The number of benzene rings is 1. The van der Waals surface area contributed by atoms with Gasteiger partial charge in [-0.15, -0.1) is 0 Å². The van der Waals surface area contributed by atoms with E-state index >= 15 is 0 Å². The highest BCUT2D eigenvalue weighted by atomic mass is 32.2. The van der Waals surface area contributed by atoms with Gasteiger partial charge < -0.3 is 0 Å². The lowest BCUT2D eigenvalue weighted by atomic mass is 10.1. The average Bonchev–Trinajstić information content (AvgIpc) is 2.83. The molecule has 0 saturated heterocycles.